The Hall–Kier alpha value is -3.06. The van der Waals surface area contributed by atoms with Crippen molar-refractivity contribution in [1.82, 2.24) is 0 Å². The Balaban J connectivity index is 2.25. The topological polar surface area (TPSA) is 64.9 Å². The monoisotopic (exact) mass is 347 g/mol. The molecule has 1 amide bonds. The van der Waals surface area contributed by atoms with Gasteiger partial charge in [0.25, 0.3) is 5.91 Å². The summed E-state index contributed by atoms with van der Waals surface area (Å²) < 4.78 is 0. The molecule has 2 aromatic rings. The Bertz CT molecular complexity index is 889. The lowest BCUT2D eigenvalue weighted by Gasteiger charge is -2.16. The van der Waals surface area contributed by atoms with Gasteiger partial charge in [0, 0.05) is 17.6 Å². The van der Waals surface area contributed by atoms with Crippen LogP contribution in [0, 0.1) is 32.1 Å². The molecule has 0 fully saturated rings. The summed E-state index contributed by atoms with van der Waals surface area (Å²) in [5, 5.41) is 15.4. The van der Waals surface area contributed by atoms with E-state index in [1.54, 1.807) is 0 Å². The Labute approximate surface area is 155 Å². The Morgan fingerprint density at radius 3 is 2.50 bits per heavy atom. The van der Waals surface area contributed by atoms with Crippen LogP contribution in [0.2, 0.25) is 0 Å². The third kappa shape index (κ3) is 4.52. The van der Waals surface area contributed by atoms with Crippen LogP contribution in [0.5, 0.6) is 0 Å². The van der Waals surface area contributed by atoms with Crippen LogP contribution in [0.3, 0.4) is 0 Å². The molecule has 134 valence electrons. The van der Waals surface area contributed by atoms with Crippen molar-refractivity contribution in [2.45, 2.75) is 40.5 Å². The van der Waals surface area contributed by atoms with Crippen molar-refractivity contribution in [3.05, 3.63) is 70.4 Å². The molecule has 0 unspecified atom stereocenters. The smallest absolute Gasteiger partial charge is 0.267 e. The molecule has 0 saturated carbocycles. The molecule has 0 radical (unpaired) electrons. The van der Waals surface area contributed by atoms with Gasteiger partial charge in [-0.15, -0.1) is 0 Å². The van der Waals surface area contributed by atoms with Gasteiger partial charge in [-0.1, -0.05) is 44.2 Å². The number of rotatable bonds is 5. The van der Waals surface area contributed by atoms with Gasteiger partial charge in [0.1, 0.15) is 11.6 Å². The van der Waals surface area contributed by atoms with E-state index < -0.39 is 5.91 Å². The summed E-state index contributed by atoms with van der Waals surface area (Å²) in [7, 11) is 0. The molecule has 0 aliphatic heterocycles. The molecule has 0 heterocycles. The van der Waals surface area contributed by atoms with Crippen LogP contribution in [-0.2, 0) is 4.79 Å². The normalized spacial score (nSPS) is 11.2. The summed E-state index contributed by atoms with van der Waals surface area (Å²) in [6.07, 6.45) is 1.46. The highest BCUT2D eigenvalue weighted by Gasteiger charge is 2.15. The fourth-order valence-electron chi connectivity index (χ4n) is 2.71. The van der Waals surface area contributed by atoms with Crippen LogP contribution in [0.15, 0.2) is 48.2 Å². The van der Waals surface area contributed by atoms with Gasteiger partial charge < -0.3 is 10.6 Å². The summed E-state index contributed by atoms with van der Waals surface area (Å²) in [5.74, 6) is -0.144. The second kappa shape index (κ2) is 8.35. The first-order valence-electron chi connectivity index (χ1n) is 8.68. The highest BCUT2D eigenvalue weighted by atomic mass is 16.1. The molecule has 2 rings (SSSR count). The van der Waals surface area contributed by atoms with E-state index in [-0.39, 0.29) is 11.5 Å². The Morgan fingerprint density at radius 2 is 1.85 bits per heavy atom. The van der Waals surface area contributed by atoms with E-state index in [2.05, 4.69) is 24.5 Å². The first-order valence-corrected chi connectivity index (χ1v) is 8.68. The Kier molecular flexibility index (Phi) is 6.19. The third-order valence-electron chi connectivity index (χ3n) is 4.30. The van der Waals surface area contributed by atoms with Gasteiger partial charge in [-0.05, 0) is 55.0 Å². The fourth-order valence-corrected chi connectivity index (χ4v) is 2.71. The number of hydrogen-bond acceptors (Lipinski definition) is 3. The molecule has 2 aromatic carbocycles. The maximum absolute atomic E-state index is 12.6. The molecule has 0 saturated heterocycles. The molecular weight excluding hydrogens is 322 g/mol. The van der Waals surface area contributed by atoms with Gasteiger partial charge in [0.05, 0.1) is 0 Å². The molecule has 4 heteroatoms. The van der Waals surface area contributed by atoms with E-state index in [0.717, 1.165) is 33.6 Å². The number of nitrogens with one attached hydrogen (secondary N) is 2. The number of aryl methyl sites for hydroxylation is 3. The maximum Gasteiger partial charge on any atom is 0.267 e. The van der Waals surface area contributed by atoms with Crippen molar-refractivity contribution < 1.29 is 4.79 Å². The van der Waals surface area contributed by atoms with E-state index in [4.69, 9.17) is 0 Å². The third-order valence-corrected chi connectivity index (χ3v) is 4.30. The van der Waals surface area contributed by atoms with Crippen LogP contribution in [-0.4, -0.2) is 5.91 Å². The van der Waals surface area contributed by atoms with Crippen LogP contribution >= 0.6 is 0 Å². The second-order valence-electron chi connectivity index (χ2n) is 6.78. The zero-order valence-electron chi connectivity index (χ0n) is 16.0. The summed E-state index contributed by atoms with van der Waals surface area (Å²) in [4.78, 5) is 12.6. The predicted octanol–water partition coefficient (Wildman–Crippen LogP) is 5.19. The predicted molar refractivity (Wildman–Crippen MR) is 107 cm³/mol. The van der Waals surface area contributed by atoms with E-state index in [1.165, 1.54) is 6.20 Å². The number of hydrogen-bond donors (Lipinski definition) is 2. The summed E-state index contributed by atoms with van der Waals surface area (Å²) in [6, 6.07) is 13.9. The highest BCUT2D eigenvalue weighted by Crippen LogP contribution is 2.27. The number of carbonyl (C=O) groups excluding carboxylic acids is 1. The summed E-state index contributed by atoms with van der Waals surface area (Å²) >= 11 is 0. The maximum atomic E-state index is 12.6. The average molecular weight is 347 g/mol. The van der Waals surface area contributed by atoms with Gasteiger partial charge in [-0.3, -0.25) is 4.79 Å². The lowest BCUT2D eigenvalue weighted by Crippen LogP contribution is -2.17. The number of anilines is 2. The molecule has 4 nitrogen and oxygen atoms in total. The zero-order chi connectivity index (χ0) is 19.3. The van der Waals surface area contributed by atoms with Crippen molar-refractivity contribution in [1.29, 1.82) is 5.26 Å². The first kappa shape index (κ1) is 19.3. The van der Waals surface area contributed by atoms with Gasteiger partial charge in [-0.25, -0.2) is 0 Å². The fraction of sp³-hybridized carbons (Fsp3) is 0.273. The van der Waals surface area contributed by atoms with Crippen LogP contribution in [0.25, 0.3) is 0 Å². The van der Waals surface area contributed by atoms with E-state index >= 15 is 0 Å². The van der Waals surface area contributed by atoms with E-state index in [9.17, 15) is 10.1 Å². The standard InChI is InChI=1S/C22H25N3O/c1-14(2)19-8-6-7-17(5)21(19)25-22(26)18(12-23)13-24-20-11-15(3)9-10-16(20)4/h6-11,13-14,24H,1-5H3,(H,25,26)/b18-13-. The lowest BCUT2D eigenvalue weighted by molar-refractivity contribution is -0.112. The minimum Gasteiger partial charge on any atom is -0.360 e. The van der Waals surface area contributed by atoms with Crippen molar-refractivity contribution in [2.75, 3.05) is 10.6 Å². The van der Waals surface area contributed by atoms with Crippen molar-refractivity contribution >= 4 is 17.3 Å². The second-order valence-corrected chi connectivity index (χ2v) is 6.78. The number of para-hydroxylation sites is 1. The first-order chi connectivity index (χ1) is 12.3. The average Bonchev–Trinajstić information content (AvgIpc) is 2.59. The number of nitriles is 1. The number of benzene rings is 2. The molecule has 0 bridgehead atoms. The minimum atomic E-state index is -0.415. The molecule has 2 N–H and O–H groups in total. The van der Waals surface area contributed by atoms with Gasteiger partial charge in [0.2, 0.25) is 0 Å². The van der Waals surface area contributed by atoms with E-state index in [0.29, 0.717) is 0 Å². The lowest BCUT2D eigenvalue weighted by atomic mass is 9.98. The van der Waals surface area contributed by atoms with Crippen molar-refractivity contribution in [3.63, 3.8) is 0 Å². The van der Waals surface area contributed by atoms with Crippen molar-refractivity contribution in [3.8, 4) is 6.07 Å². The number of nitrogens with zero attached hydrogens (tertiary/aromatic N) is 1. The Morgan fingerprint density at radius 1 is 1.12 bits per heavy atom. The van der Waals surface area contributed by atoms with Gasteiger partial charge in [0.15, 0.2) is 0 Å². The molecule has 0 spiro atoms. The van der Waals surface area contributed by atoms with Crippen molar-refractivity contribution in [2.24, 2.45) is 0 Å². The van der Waals surface area contributed by atoms with Gasteiger partial charge in [-0.2, -0.15) is 5.26 Å². The quantitative estimate of drug-likeness (QED) is 0.577. The van der Waals surface area contributed by atoms with Crippen LogP contribution in [0.4, 0.5) is 11.4 Å². The number of carbonyl (C=O) groups is 1. The molecule has 0 aliphatic rings. The minimum absolute atomic E-state index is 0.0314. The SMILES string of the molecule is Cc1ccc(C)c(N/C=C(/C#N)C(=O)Nc2c(C)cccc2C(C)C)c1. The molecule has 0 aliphatic carbocycles. The van der Waals surface area contributed by atoms with Crippen LogP contribution < -0.4 is 10.6 Å². The summed E-state index contributed by atoms with van der Waals surface area (Å²) in [5.41, 5.74) is 5.87. The molecule has 0 aromatic heterocycles. The van der Waals surface area contributed by atoms with E-state index in [1.807, 2.05) is 63.2 Å². The molecule has 26 heavy (non-hydrogen) atoms. The zero-order valence-corrected chi connectivity index (χ0v) is 16.0. The number of amides is 1. The molecular formula is C22H25N3O. The van der Waals surface area contributed by atoms with Crippen LogP contribution in [0.1, 0.15) is 42.0 Å². The molecule has 0 atom stereocenters. The highest BCUT2D eigenvalue weighted by molar-refractivity contribution is 6.07. The summed E-state index contributed by atoms with van der Waals surface area (Å²) in [6.45, 7) is 10.1. The van der Waals surface area contributed by atoms with Gasteiger partial charge >= 0.3 is 0 Å². The largest absolute Gasteiger partial charge is 0.360 e.